The average Bonchev–Trinajstić information content (AvgIpc) is 2.65. The Balaban J connectivity index is 2.38. The van der Waals surface area contributed by atoms with E-state index >= 15 is 0 Å². The molecular formula is C13H7BrF2N2S. The molecule has 19 heavy (non-hydrogen) atoms. The Morgan fingerprint density at radius 3 is 2.63 bits per heavy atom. The fourth-order valence-electron chi connectivity index (χ4n) is 1.98. The van der Waals surface area contributed by atoms with Crippen LogP contribution in [0.25, 0.3) is 16.7 Å². The molecule has 0 atom stereocenters. The van der Waals surface area contributed by atoms with Gasteiger partial charge in [-0.3, -0.25) is 4.57 Å². The summed E-state index contributed by atoms with van der Waals surface area (Å²) in [5, 5.41) is 0. The fourth-order valence-corrected chi connectivity index (χ4v) is 2.63. The number of hydrogen-bond acceptors (Lipinski definition) is 1. The highest BCUT2D eigenvalue weighted by atomic mass is 79.9. The largest absolute Gasteiger partial charge is 0.330 e. The minimum atomic E-state index is -0.656. The zero-order chi connectivity index (χ0) is 13.6. The number of fused-ring (bicyclic) bond motifs is 1. The van der Waals surface area contributed by atoms with Crippen LogP contribution in [-0.2, 0) is 0 Å². The predicted octanol–water partition coefficient (Wildman–Crippen LogP) is 4.73. The second-order valence-corrected chi connectivity index (χ2v) is 5.33. The van der Waals surface area contributed by atoms with Gasteiger partial charge in [0.15, 0.2) is 4.77 Å². The van der Waals surface area contributed by atoms with Crippen LogP contribution < -0.4 is 0 Å². The number of hydrogen-bond donors (Lipinski definition) is 1. The van der Waals surface area contributed by atoms with Gasteiger partial charge in [-0.05, 0) is 42.5 Å². The monoisotopic (exact) mass is 340 g/mol. The van der Waals surface area contributed by atoms with Crippen molar-refractivity contribution >= 4 is 39.2 Å². The number of rotatable bonds is 1. The van der Waals surface area contributed by atoms with Crippen LogP contribution in [0.3, 0.4) is 0 Å². The minimum absolute atomic E-state index is 0.218. The predicted molar refractivity (Wildman–Crippen MR) is 76.1 cm³/mol. The summed E-state index contributed by atoms with van der Waals surface area (Å²) >= 11 is 8.57. The molecule has 0 amide bonds. The van der Waals surface area contributed by atoms with Gasteiger partial charge < -0.3 is 4.98 Å². The fraction of sp³-hybridized carbons (Fsp3) is 0. The van der Waals surface area contributed by atoms with E-state index in [0.717, 1.165) is 21.6 Å². The van der Waals surface area contributed by atoms with Gasteiger partial charge in [0.25, 0.3) is 0 Å². The number of benzene rings is 2. The van der Waals surface area contributed by atoms with Crippen LogP contribution in [0.1, 0.15) is 0 Å². The van der Waals surface area contributed by atoms with Gasteiger partial charge in [0.05, 0.1) is 16.7 Å². The highest BCUT2D eigenvalue weighted by Crippen LogP contribution is 2.24. The third-order valence-corrected chi connectivity index (χ3v) is 3.57. The van der Waals surface area contributed by atoms with Gasteiger partial charge in [-0.2, -0.15) is 0 Å². The quantitative estimate of drug-likeness (QED) is 0.635. The van der Waals surface area contributed by atoms with Crippen molar-refractivity contribution in [3.63, 3.8) is 0 Å². The van der Waals surface area contributed by atoms with Crippen LogP contribution in [0, 0.1) is 16.4 Å². The lowest BCUT2D eigenvalue weighted by molar-refractivity contribution is 0.578. The van der Waals surface area contributed by atoms with E-state index in [4.69, 9.17) is 12.2 Å². The zero-order valence-corrected chi connectivity index (χ0v) is 11.9. The van der Waals surface area contributed by atoms with E-state index in [1.54, 1.807) is 4.57 Å². The van der Waals surface area contributed by atoms with Crippen molar-refractivity contribution in [2.75, 3.05) is 0 Å². The summed E-state index contributed by atoms with van der Waals surface area (Å²) in [4.78, 5) is 2.99. The lowest BCUT2D eigenvalue weighted by Crippen LogP contribution is -1.98. The van der Waals surface area contributed by atoms with Crippen LogP contribution in [0.4, 0.5) is 8.78 Å². The lowest BCUT2D eigenvalue weighted by Gasteiger charge is -2.06. The van der Waals surface area contributed by atoms with Crippen molar-refractivity contribution < 1.29 is 8.78 Å². The van der Waals surface area contributed by atoms with Crippen LogP contribution in [0.2, 0.25) is 0 Å². The van der Waals surface area contributed by atoms with Gasteiger partial charge in [0.2, 0.25) is 0 Å². The Kier molecular flexibility index (Phi) is 2.99. The van der Waals surface area contributed by atoms with Crippen LogP contribution in [-0.4, -0.2) is 9.55 Å². The topological polar surface area (TPSA) is 20.7 Å². The minimum Gasteiger partial charge on any atom is -0.330 e. The molecule has 0 fully saturated rings. The summed E-state index contributed by atoms with van der Waals surface area (Å²) < 4.78 is 29.6. The van der Waals surface area contributed by atoms with E-state index < -0.39 is 11.6 Å². The molecule has 0 aliphatic heterocycles. The van der Waals surface area contributed by atoms with E-state index in [2.05, 4.69) is 20.9 Å². The number of H-pyrrole nitrogens is 1. The zero-order valence-electron chi connectivity index (χ0n) is 9.45. The second kappa shape index (κ2) is 4.54. The van der Waals surface area contributed by atoms with Crippen molar-refractivity contribution in [2.45, 2.75) is 0 Å². The summed E-state index contributed by atoms with van der Waals surface area (Å²) in [7, 11) is 0. The van der Waals surface area contributed by atoms with Crippen molar-refractivity contribution in [2.24, 2.45) is 0 Å². The molecule has 1 N–H and O–H groups in total. The third-order valence-electron chi connectivity index (χ3n) is 2.80. The van der Waals surface area contributed by atoms with Crippen LogP contribution in [0.5, 0.6) is 0 Å². The first kappa shape index (κ1) is 12.5. The van der Waals surface area contributed by atoms with E-state index in [-0.39, 0.29) is 5.69 Å². The first-order valence-corrected chi connectivity index (χ1v) is 6.62. The van der Waals surface area contributed by atoms with Crippen LogP contribution >= 0.6 is 28.1 Å². The molecule has 96 valence electrons. The maximum absolute atomic E-state index is 13.9. The maximum Gasteiger partial charge on any atom is 0.182 e. The molecule has 0 unspecified atom stereocenters. The third kappa shape index (κ3) is 2.11. The van der Waals surface area contributed by atoms with Crippen molar-refractivity contribution in [3.05, 3.63) is 57.3 Å². The molecule has 3 aromatic rings. The normalized spacial score (nSPS) is 11.1. The van der Waals surface area contributed by atoms with Gasteiger partial charge >= 0.3 is 0 Å². The van der Waals surface area contributed by atoms with E-state index in [9.17, 15) is 8.78 Å². The Morgan fingerprint density at radius 1 is 1.11 bits per heavy atom. The van der Waals surface area contributed by atoms with Gasteiger partial charge in [0, 0.05) is 10.5 Å². The molecule has 0 bridgehead atoms. The highest BCUT2D eigenvalue weighted by Gasteiger charge is 2.11. The maximum atomic E-state index is 13.9. The molecule has 1 aromatic heterocycles. The van der Waals surface area contributed by atoms with E-state index in [0.29, 0.717) is 4.77 Å². The number of nitrogens with zero attached hydrogens (tertiary/aromatic N) is 1. The second-order valence-electron chi connectivity index (χ2n) is 4.02. The molecule has 0 saturated carbocycles. The van der Waals surface area contributed by atoms with Gasteiger partial charge in [-0.15, -0.1) is 0 Å². The molecule has 0 saturated heterocycles. The van der Waals surface area contributed by atoms with E-state index in [1.165, 1.54) is 12.1 Å². The van der Waals surface area contributed by atoms with Gasteiger partial charge in [0.1, 0.15) is 11.6 Å². The van der Waals surface area contributed by atoms with Crippen LogP contribution in [0.15, 0.2) is 40.9 Å². The summed E-state index contributed by atoms with van der Waals surface area (Å²) in [5.41, 5.74) is 1.73. The summed E-state index contributed by atoms with van der Waals surface area (Å²) in [6, 6.07) is 8.94. The Hall–Kier alpha value is -1.53. The molecular weight excluding hydrogens is 334 g/mol. The molecule has 0 radical (unpaired) electrons. The molecule has 0 aliphatic rings. The summed E-state index contributed by atoms with van der Waals surface area (Å²) in [6.07, 6.45) is 0. The van der Waals surface area contributed by atoms with Crippen molar-refractivity contribution in [3.8, 4) is 5.69 Å². The Labute approximate surface area is 120 Å². The van der Waals surface area contributed by atoms with Gasteiger partial charge in [-0.1, -0.05) is 15.9 Å². The van der Waals surface area contributed by atoms with E-state index in [1.807, 2.05) is 18.2 Å². The Morgan fingerprint density at radius 2 is 1.89 bits per heavy atom. The molecule has 0 spiro atoms. The molecule has 6 heteroatoms. The molecule has 2 aromatic carbocycles. The summed E-state index contributed by atoms with van der Waals surface area (Å²) in [5.74, 6) is -1.27. The number of imidazole rings is 1. The first-order chi connectivity index (χ1) is 9.06. The lowest BCUT2D eigenvalue weighted by atomic mass is 10.2. The first-order valence-electron chi connectivity index (χ1n) is 5.42. The van der Waals surface area contributed by atoms with Crippen molar-refractivity contribution in [1.82, 2.24) is 9.55 Å². The highest BCUT2D eigenvalue weighted by molar-refractivity contribution is 9.10. The molecule has 2 nitrogen and oxygen atoms in total. The number of aromatic nitrogens is 2. The molecule has 3 rings (SSSR count). The standard InChI is InChI=1S/C13H7BrF2N2S/c14-7-1-3-10-12(5-7)18(13(19)17-10)11-4-2-8(15)6-9(11)16/h1-6H,(H,17,19). The Bertz CT molecular complexity index is 838. The average molecular weight is 341 g/mol. The smallest absolute Gasteiger partial charge is 0.182 e. The summed E-state index contributed by atoms with van der Waals surface area (Å²) in [6.45, 7) is 0. The molecule has 1 heterocycles. The molecule has 0 aliphatic carbocycles. The number of nitrogens with one attached hydrogen (secondary N) is 1. The number of aromatic amines is 1. The number of halogens is 3. The van der Waals surface area contributed by atoms with Gasteiger partial charge in [-0.25, -0.2) is 8.78 Å². The van der Waals surface area contributed by atoms with Crippen molar-refractivity contribution in [1.29, 1.82) is 0 Å². The SMILES string of the molecule is Fc1ccc(-n2c(=S)[nH]c3ccc(Br)cc32)c(F)c1.